The molecule has 6 nitrogen and oxygen atoms in total. The molecule has 0 spiro atoms. The number of aryl methyl sites for hydroxylation is 1. The normalized spacial score (nSPS) is 13.5. The first kappa shape index (κ1) is 23.1. The number of carbonyl (C=O) groups excluding carboxylic acids is 2. The lowest BCUT2D eigenvalue weighted by Gasteiger charge is -2.18. The van der Waals surface area contributed by atoms with Crippen LogP contribution in [0.25, 0.3) is 5.57 Å². The molecular weight excluding hydrogens is 426 g/mol. The number of carbonyl (C=O) groups is 2. The summed E-state index contributed by atoms with van der Waals surface area (Å²) in [6.45, 7) is 4.64. The summed E-state index contributed by atoms with van der Waals surface area (Å²) in [7, 11) is 3.89. The average Bonchev–Trinajstić information content (AvgIpc) is 3.07. The Balaban J connectivity index is 1.74. The number of anilines is 3. The summed E-state index contributed by atoms with van der Waals surface area (Å²) in [5.74, 6) is -0.0392. The van der Waals surface area contributed by atoms with E-state index in [0.29, 0.717) is 34.9 Å². The van der Waals surface area contributed by atoms with Gasteiger partial charge >= 0.3 is 0 Å². The third-order valence-electron chi connectivity index (χ3n) is 5.62. The molecule has 1 aliphatic rings. The topological polar surface area (TPSA) is 61.9 Å². The first-order valence-corrected chi connectivity index (χ1v) is 11.4. The molecule has 4 rings (SSSR count). The lowest BCUT2D eigenvalue weighted by Crippen LogP contribution is -2.32. The van der Waals surface area contributed by atoms with E-state index in [1.54, 1.807) is 12.1 Å². The van der Waals surface area contributed by atoms with Crippen LogP contribution < -0.4 is 19.9 Å². The largest absolute Gasteiger partial charge is 0.494 e. The van der Waals surface area contributed by atoms with Crippen molar-refractivity contribution < 1.29 is 14.3 Å². The van der Waals surface area contributed by atoms with E-state index in [9.17, 15) is 9.59 Å². The molecule has 174 valence electrons. The summed E-state index contributed by atoms with van der Waals surface area (Å²) < 4.78 is 5.73. The lowest BCUT2D eigenvalue weighted by atomic mass is 10.0. The molecule has 1 N–H and O–H groups in total. The average molecular weight is 456 g/mol. The fourth-order valence-electron chi connectivity index (χ4n) is 3.80. The molecule has 6 heteroatoms. The first-order valence-electron chi connectivity index (χ1n) is 11.4. The van der Waals surface area contributed by atoms with E-state index >= 15 is 0 Å². The van der Waals surface area contributed by atoms with Gasteiger partial charge in [-0.1, -0.05) is 42.8 Å². The van der Waals surface area contributed by atoms with Gasteiger partial charge in [-0.3, -0.25) is 9.59 Å². The monoisotopic (exact) mass is 455 g/mol. The van der Waals surface area contributed by atoms with Crippen molar-refractivity contribution in [1.82, 2.24) is 0 Å². The number of nitrogens with zero attached hydrogens (tertiary/aromatic N) is 2. The fourth-order valence-corrected chi connectivity index (χ4v) is 3.80. The molecule has 0 aromatic heterocycles. The minimum Gasteiger partial charge on any atom is -0.494 e. The standard InChI is InChI=1S/C28H29N3O3/c1-5-17-34-24-8-6-7-21(18-24)29-26-25(20-11-9-19(2)10-12-20)27(32)31(28(26)33)23-15-13-22(14-16-23)30(3)4/h6-16,18,29H,5,17H2,1-4H3. The molecular formula is C28H29N3O3. The van der Waals surface area contributed by atoms with Crippen molar-refractivity contribution in [2.75, 3.05) is 35.8 Å². The summed E-state index contributed by atoms with van der Waals surface area (Å²) in [5.41, 5.74) is 4.56. The van der Waals surface area contributed by atoms with Crippen LogP contribution in [0.4, 0.5) is 17.1 Å². The third kappa shape index (κ3) is 4.66. The zero-order valence-corrected chi connectivity index (χ0v) is 20.0. The van der Waals surface area contributed by atoms with Crippen molar-refractivity contribution in [3.05, 3.63) is 89.6 Å². The van der Waals surface area contributed by atoms with Crippen LogP contribution in [-0.2, 0) is 9.59 Å². The van der Waals surface area contributed by atoms with E-state index in [2.05, 4.69) is 5.32 Å². The van der Waals surface area contributed by atoms with Crippen LogP contribution in [0.1, 0.15) is 24.5 Å². The highest BCUT2D eigenvalue weighted by Gasteiger charge is 2.40. The smallest absolute Gasteiger partial charge is 0.282 e. The summed E-state index contributed by atoms with van der Waals surface area (Å²) >= 11 is 0. The lowest BCUT2D eigenvalue weighted by molar-refractivity contribution is -0.120. The highest BCUT2D eigenvalue weighted by atomic mass is 16.5. The number of hydrogen-bond donors (Lipinski definition) is 1. The Labute approximate surface area is 200 Å². The van der Waals surface area contributed by atoms with Crippen LogP contribution in [0, 0.1) is 6.92 Å². The van der Waals surface area contributed by atoms with Gasteiger partial charge in [-0.25, -0.2) is 4.90 Å². The number of rotatable bonds is 8. The fraction of sp³-hybridized carbons (Fsp3) is 0.214. The van der Waals surface area contributed by atoms with Crippen LogP contribution in [0.15, 0.2) is 78.5 Å². The van der Waals surface area contributed by atoms with Crippen LogP contribution in [-0.4, -0.2) is 32.5 Å². The van der Waals surface area contributed by atoms with Crippen LogP contribution in [0.5, 0.6) is 5.75 Å². The second-order valence-corrected chi connectivity index (χ2v) is 8.47. The number of benzene rings is 3. The number of imide groups is 1. The number of ether oxygens (including phenoxy) is 1. The van der Waals surface area contributed by atoms with E-state index < -0.39 is 5.91 Å². The van der Waals surface area contributed by atoms with Gasteiger partial charge < -0.3 is 15.0 Å². The minimum absolute atomic E-state index is 0.248. The zero-order valence-electron chi connectivity index (χ0n) is 20.0. The third-order valence-corrected chi connectivity index (χ3v) is 5.62. The van der Waals surface area contributed by atoms with Crippen molar-refractivity contribution in [3.8, 4) is 5.75 Å². The molecule has 0 radical (unpaired) electrons. The molecule has 0 saturated heterocycles. The molecule has 0 unspecified atom stereocenters. The van der Waals surface area contributed by atoms with Crippen molar-refractivity contribution in [3.63, 3.8) is 0 Å². The van der Waals surface area contributed by atoms with Gasteiger partial charge in [0.05, 0.1) is 17.9 Å². The number of nitrogens with one attached hydrogen (secondary N) is 1. The Morgan fingerprint density at radius 1 is 0.912 bits per heavy atom. The Bertz CT molecular complexity index is 1230. The van der Waals surface area contributed by atoms with Gasteiger partial charge in [0.1, 0.15) is 11.4 Å². The second kappa shape index (κ2) is 9.83. The first-order chi connectivity index (χ1) is 16.4. The van der Waals surface area contributed by atoms with Gasteiger partial charge in [0.2, 0.25) is 0 Å². The summed E-state index contributed by atoms with van der Waals surface area (Å²) in [5, 5.41) is 3.21. The predicted molar refractivity (Wildman–Crippen MR) is 137 cm³/mol. The summed E-state index contributed by atoms with van der Waals surface area (Å²) in [4.78, 5) is 30.4. The molecule has 0 aliphatic carbocycles. The quantitative estimate of drug-likeness (QED) is 0.470. The SMILES string of the molecule is CCCOc1cccc(NC2=C(c3ccc(C)cc3)C(=O)N(c3ccc(N(C)C)cc3)C2=O)c1. The van der Waals surface area contributed by atoms with Gasteiger partial charge in [-0.05, 0) is 55.3 Å². The molecule has 1 aliphatic heterocycles. The number of amides is 2. The van der Waals surface area contributed by atoms with Gasteiger partial charge in [-0.15, -0.1) is 0 Å². The minimum atomic E-state index is -0.391. The summed E-state index contributed by atoms with van der Waals surface area (Å²) in [6, 6.07) is 22.4. The Morgan fingerprint density at radius 3 is 2.26 bits per heavy atom. The Hall–Kier alpha value is -4.06. The summed E-state index contributed by atoms with van der Waals surface area (Å²) in [6.07, 6.45) is 0.898. The van der Waals surface area contributed by atoms with Crippen LogP contribution in [0.2, 0.25) is 0 Å². The maximum Gasteiger partial charge on any atom is 0.282 e. The van der Waals surface area contributed by atoms with Crippen LogP contribution >= 0.6 is 0 Å². The van der Waals surface area contributed by atoms with Crippen molar-refractivity contribution >= 4 is 34.4 Å². The molecule has 34 heavy (non-hydrogen) atoms. The highest BCUT2D eigenvalue weighted by Crippen LogP contribution is 2.35. The Morgan fingerprint density at radius 2 is 1.62 bits per heavy atom. The number of hydrogen-bond acceptors (Lipinski definition) is 5. The molecule has 0 fully saturated rings. The predicted octanol–water partition coefficient (Wildman–Crippen LogP) is 5.25. The van der Waals surface area contributed by atoms with E-state index in [1.165, 1.54) is 4.90 Å². The van der Waals surface area contributed by atoms with Crippen LogP contribution in [0.3, 0.4) is 0 Å². The molecule has 3 aromatic carbocycles. The van der Waals surface area contributed by atoms with E-state index in [4.69, 9.17) is 4.74 Å². The highest BCUT2D eigenvalue weighted by molar-refractivity contribution is 6.46. The molecule has 2 amide bonds. The van der Waals surface area contributed by atoms with E-state index in [1.807, 2.05) is 93.5 Å². The van der Waals surface area contributed by atoms with Crippen molar-refractivity contribution in [2.45, 2.75) is 20.3 Å². The van der Waals surface area contributed by atoms with Crippen molar-refractivity contribution in [1.29, 1.82) is 0 Å². The molecule has 0 saturated carbocycles. The maximum absolute atomic E-state index is 13.6. The molecule has 3 aromatic rings. The maximum atomic E-state index is 13.6. The van der Waals surface area contributed by atoms with Gasteiger partial charge in [-0.2, -0.15) is 0 Å². The van der Waals surface area contributed by atoms with E-state index in [0.717, 1.165) is 17.7 Å². The zero-order chi connectivity index (χ0) is 24.2. The molecule has 1 heterocycles. The van der Waals surface area contributed by atoms with E-state index in [-0.39, 0.29) is 11.6 Å². The van der Waals surface area contributed by atoms with Crippen molar-refractivity contribution in [2.24, 2.45) is 0 Å². The second-order valence-electron chi connectivity index (χ2n) is 8.47. The van der Waals surface area contributed by atoms with Gasteiger partial charge in [0.15, 0.2) is 0 Å². The molecule has 0 atom stereocenters. The van der Waals surface area contributed by atoms with Gasteiger partial charge in [0, 0.05) is 31.5 Å². The Kier molecular flexibility index (Phi) is 6.68. The molecule has 0 bridgehead atoms. The van der Waals surface area contributed by atoms with Gasteiger partial charge in [0.25, 0.3) is 11.8 Å².